The summed E-state index contributed by atoms with van der Waals surface area (Å²) in [6.07, 6.45) is 2.15. The number of carbonyl (C=O) groups excluding carboxylic acids is 1. The molecule has 0 unspecified atom stereocenters. The standard InChI is InChI=1S/C15H15ClN6O2/c1-2-7-17-12(23)8-21-9-18-14-13(15(21)24)19-20-22(14)11-5-3-10(16)4-6-11/h3-6,9H,2,7-8H2,1H3,(H,17,23). The summed E-state index contributed by atoms with van der Waals surface area (Å²) in [5, 5.41) is 11.2. The van der Waals surface area contributed by atoms with Crippen molar-refractivity contribution in [1.29, 1.82) is 0 Å². The zero-order valence-corrected chi connectivity index (χ0v) is 13.7. The van der Waals surface area contributed by atoms with Crippen LogP contribution >= 0.6 is 11.6 Å². The van der Waals surface area contributed by atoms with Crippen LogP contribution in [0.25, 0.3) is 16.9 Å². The van der Waals surface area contributed by atoms with Gasteiger partial charge in [0.25, 0.3) is 5.56 Å². The Labute approximate surface area is 142 Å². The maximum Gasteiger partial charge on any atom is 0.284 e. The number of aromatic nitrogens is 5. The largest absolute Gasteiger partial charge is 0.355 e. The molecule has 0 fully saturated rings. The smallest absolute Gasteiger partial charge is 0.284 e. The molecular weight excluding hydrogens is 332 g/mol. The van der Waals surface area contributed by atoms with E-state index in [1.807, 2.05) is 6.92 Å². The van der Waals surface area contributed by atoms with Gasteiger partial charge in [0.1, 0.15) is 12.9 Å². The fraction of sp³-hybridized carbons (Fsp3) is 0.267. The molecule has 0 atom stereocenters. The molecule has 0 bridgehead atoms. The van der Waals surface area contributed by atoms with E-state index in [1.54, 1.807) is 24.3 Å². The van der Waals surface area contributed by atoms with Gasteiger partial charge in [0.2, 0.25) is 5.91 Å². The third kappa shape index (κ3) is 3.13. The van der Waals surface area contributed by atoms with Crippen molar-refractivity contribution in [2.75, 3.05) is 6.54 Å². The summed E-state index contributed by atoms with van der Waals surface area (Å²) >= 11 is 5.87. The second kappa shape index (κ2) is 6.79. The Balaban J connectivity index is 1.95. The number of rotatable bonds is 5. The molecule has 0 saturated carbocycles. The Bertz CT molecular complexity index is 931. The van der Waals surface area contributed by atoms with E-state index in [2.05, 4.69) is 20.6 Å². The van der Waals surface area contributed by atoms with Crippen LogP contribution in [0.3, 0.4) is 0 Å². The molecule has 3 rings (SSSR count). The van der Waals surface area contributed by atoms with Crippen LogP contribution in [0.2, 0.25) is 5.02 Å². The predicted octanol–water partition coefficient (Wildman–Crippen LogP) is 1.16. The molecule has 1 aromatic carbocycles. The van der Waals surface area contributed by atoms with E-state index in [4.69, 9.17) is 11.6 Å². The van der Waals surface area contributed by atoms with Crippen LogP contribution in [0.5, 0.6) is 0 Å². The first-order chi connectivity index (χ1) is 11.6. The van der Waals surface area contributed by atoms with E-state index in [-0.39, 0.29) is 18.0 Å². The van der Waals surface area contributed by atoms with Crippen LogP contribution in [0.4, 0.5) is 0 Å². The monoisotopic (exact) mass is 346 g/mol. The molecule has 9 heteroatoms. The van der Waals surface area contributed by atoms with Crippen molar-refractivity contribution in [2.45, 2.75) is 19.9 Å². The lowest BCUT2D eigenvalue weighted by atomic mass is 10.3. The predicted molar refractivity (Wildman–Crippen MR) is 89.2 cm³/mol. The Morgan fingerprint density at radius 2 is 2.04 bits per heavy atom. The molecule has 0 saturated heterocycles. The number of hydrogen-bond acceptors (Lipinski definition) is 5. The lowest BCUT2D eigenvalue weighted by Crippen LogP contribution is -2.32. The Morgan fingerprint density at radius 1 is 1.29 bits per heavy atom. The summed E-state index contributed by atoms with van der Waals surface area (Å²) in [5.41, 5.74) is 0.711. The van der Waals surface area contributed by atoms with Crippen LogP contribution in [0, 0.1) is 0 Å². The summed E-state index contributed by atoms with van der Waals surface area (Å²) in [4.78, 5) is 28.4. The highest BCUT2D eigenvalue weighted by Crippen LogP contribution is 2.15. The number of nitrogens with zero attached hydrogens (tertiary/aromatic N) is 5. The first kappa shape index (κ1) is 16.1. The zero-order chi connectivity index (χ0) is 17.1. The molecule has 3 aromatic rings. The SMILES string of the molecule is CCCNC(=O)Cn1cnc2c(nnn2-c2ccc(Cl)cc2)c1=O. The number of benzene rings is 1. The molecule has 124 valence electrons. The van der Waals surface area contributed by atoms with Gasteiger partial charge in [0.15, 0.2) is 11.2 Å². The molecule has 0 aliphatic rings. The molecule has 1 N–H and O–H groups in total. The van der Waals surface area contributed by atoms with Crippen molar-refractivity contribution in [2.24, 2.45) is 0 Å². The molecule has 1 amide bonds. The van der Waals surface area contributed by atoms with Gasteiger partial charge in [-0.3, -0.25) is 14.2 Å². The van der Waals surface area contributed by atoms with Crippen molar-refractivity contribution in [3.63, 3.8) is 0 Å². The average Bonchev–Trinajstić information content (AvgIpc) is 3.01. The van der Waals surface area contributed by atoms with E-state index in [0.29, 0.717) is 22.9 Å². The first-order valence-electron chi connectivity index (χ1n) is 7.43. The van der Waals surface area contributed by atoms with E-state index < -0.39 is 5.56 Å². The molecule has 2 aromatic heterocycles. The third-order valence-corrected chi connectivity index (χ3v) is 3.64. The molecule has 24 heavy (non-hydrogen) atoms. The van der Waals surface area contributed by atoms with Gasteiger partial charge in [0, 0.05) is 11.6 Å². The fourth-order valence-corrected chi connectivity index (χ4v) is 2.31. The van der Waals surface area contributed by atoms with Gasteiger partial charge in [-0.15, -0.1) is 5.10 Å². The van der Waals surface area contributed by atoms with Crippen molar-refractivity contribution in [1.82, 2.24) is 29.9 Å². The molecule has 8 nitrogen and oxygen atoms in total. The zero-order valence-electron chi connectivity index (χ0n) is 12.9. The number of carbonyl (C=O) groups is 1. The Morgan fingerprint density at radius 3 is 2.75 bits per heavy atom. The minimum absolute atomic E-state index is 0.102. The quantitative estimate of drug-likeness (QED) is 0.748. The van der Waals surface area contributed by atoms with Crippen LogP contribution < -0.4 is 10.9 Å². The minimum Gasteiger partial charge on any atom is -0.355 e. The van der Waals surface area contributed by atoms with E-state index in [1.165, 1.54) is 15.6 Å². The van der Waals surface area contributed by atoms with Crippen LogP contribution in [0.15, 0.2) is 35.4 Å². The lowest BCUT2D eigenvalue weighted by Gasteiger charge is -2.06. The maximum absolute atomic E-state index is 12.4. The Kier molecular flexibility index (Phi) is 4.57. The summed E-state index contributed by atoms with van der Waals surface area (Å²) in [7, 11) is 0. The van der Waals surface area contributed by atoms with E-state index in [0.717, 1.165) is 6.42 Å². The summed E-state index contributed by atoms with van der Waals surface area (Å²) in [6.45, 7) is 2.42. The fourth-order valence-electron chi connectivity index (χ4n) is 2.19. The van der Waals surface area contributed by atoms with Gasteiger partial charge in [-0.2, -0.15) is 4.68 Å². The van der Waals surface area contributed by atoms with Gasteiger partial charge in [0.05, 0.1) is 5.69 Å². The molecule has 0 aliphatic carbocycles. The van der Waals surface area contributed by atoms with Crippen LogP contribution in [0.1, 0.15) is 13.3 Å². The third-order valence-electron chi connectivity index (χ3n) is 3.39. The molecular formula is C15H15ClN6O2. The number of halogens is 1. The maximum atomic E-state index is 12.4. The van der Waals surface area contributed by atoms with Crippen LogP contribution in [-0.4, -0.2) is 37.0 Å². The average molecular weight is 347 g/mol. The van der Waals surface area contributed by atoms with Gasteiger partial charge >= 0.3 is 0 Å². The number of hydrogen-bond donors (Lipinski definition) is 1. The summed E-state index contributed by atoms with van der Waals surface area (Å²) in [5.74, 6) is -0.245. The van der Waals surface area contributed by atoms with Gasteiger partial charge in [-0.25, -0.2) is 4.98 Å². The van der Waals surface area contributed by atoms with E-state index >= 15 is 0 Å². The number of fused-ring (bicyclic) bond motifs is 1. The second-order valence-electron chi connectivity index (χ2n) is 5.18. The van der Waals surface area contributed by atoms with Crippen molar-refractivity contribution >= 4 is 28.7 Å². The van der Waals surface area contributed by atoms with Crippen LogP contribution in [-0.2, 0) is 11.3 Å². The van der Waals surface area contributed by atoms with Gasteiger partial charge in [-0.05, 0) is 30.7 Å². The molecule has 0 aliphatic heterocycles. The highest BCUT2D eigenvalue weighted by molar-refractivity contribution is 6.30. The second-order valence-corrected chi connectivity index (χ2v) is 5.61. The number of amides is 1. The molecule has 0 radical (unpaired) electrons. The van der Waals surface area contributed by atoms with E-state index in [9.17, 15) is 9.59 Å². The van der Waals surface area contributed by atoms with Crippen molar-refractivity contribution in [3.8, 4) is 5.69 Å². The van der Waals surface area contributed by atoms with Gasteiger partial charge in [-0.1, -0.05) is 23.7 Å². The lowest BCUT2D eigenvalue weighted by molar-refractivity contribution is -0.121. The highest BCUT2D eigenvalue weighted by atomic mass is 35.5. The first-order valence-corrected chi connectivity index (χ1v) is 7.81. The molecule has 2 heterocycles. The topological polar surface area (TPSA) is 94.7 Å². The normalized spacial score (nSPS) is 10.9. The minimum atomic E-state index is -0.410. The molecule has 0 spiro atoms. The number of nitrogens with one attached hydrogen (secondary N) is 1. The summed E-state index contributed by atoms with van der Waals surface area (Å²) in [6, 6.07) is 6.93. The Hall–Kier alpha value is -2.74. The van der Waals surface area contributed by atoms with Crippen molar-refractivity contribution < 1.29 is 4.79 Å². The van der Waals surface area contributed by atoms with Crippen molar-refractivity contribution in [3.05, 3.63) is 46.0 Å². The van der Waals surface area contributed by atoms with Gasteiger partial charge < -0.3 is 5.32 Å². The summed E-state index contributed by atoms with van der Waals surface area (Å²) < 4.78 is 2.67. The highest BCUT2D eigenvalue weighted by Gasteiger charge is 2.14.